The summed E-state index contributed by atoms with van der Waals surface area (Å²) in [5, 5.41) is 10.2. The van der Waals surface area contributed by atoms with Gasteiger partial charge in [-0.05, 0) is 23.1 Å². The summed E-state index contributed by atoms with van der Waals surface area (Å²) in [6.07, 6.45) is 0.496. The Morgan fingerprint density at radius 3 is 2.38 bits per heavy atom. The maximum atomic E-state index is 10.2. The summed E-state index contributed by atoms with van der Waals surface area (Å²) in [4.78, 5) is 0. The molecule has 0 aliphatic heterocycles. The van der Waals surface area contributed by atoms with E-state index < -0.39 is 0 Å². The summed E-state index contributed by atoms with van der Waals surface area (Å²) in [5.74, 6) is 0.150. The Balaban J connectivity index is 2.09. The van der Waals surface area contributed by atoms with Crippen molar-refractivity contribution in [2.24, 2.45) is 0 Å². The van der Waals surface area contributed by atoms with Gasteiger partial charge in [-0.1, -0.05) is 54.6 Å². The van der Waals surface area contributed by atoms with E-state index in [1.165, 1.54) is 16.7 Å². The molecule has 0 heterocycles. The molecule has 1 aliphatic rings. The third-order valence-electron chi connectivity index (χ3n) is 3.36. The van der Waals surface area contributed by atoms with Crippen LogP contribution in [0.15, 0.2) is 54.6 Å². The van der Waals surface area contributed by atoms with Gasteiger partial charge in [0.1, 0.15) is 0 Å². The molecule has 1 aliphatic carbocycles. The van der Waals surface area contributed by atoms with Gasteiger partial charge in [-0.3, -0.25) is 0 Å². The van der Waals surface area contributed by atoms with Gasteiger partial charge in [-0.2, -0.15) is 0 Å². The third kappa shape index (κ3) is 1.44. The standard InChI is InChI=1S/C15H14O/c16-14-10-12-8-4-5-9-13(12)15(14)11-6-2-1-3-7-11/h1-9,14-16H,10H2/t14-,15-/m1/s1. The van der Waals surface area contributed by atoms with Crippen molar-refractivity contribution >= 4 is 0 Å². The van der Waals surface area contributed by atoms with Gasteiger partial charge in [0, 0.05) is 5.92 Å². The van der Waals surface area contributed by atoms with Gasteiger partial charge in [0.25, 0.3) is 0 Å². The summed E-state index contributed by atoms with van der Waals surface area (Å²) >= 11 is 0. The Hall–Kier alpha value is -1.60. The van der Waals surface area contributed by atoms with Crippen molar-refractivity contribution in [1.82, 2.24) is 0 Å². The average Bonchev–Trinajstić information content (AvgIpc) is 2.66. The third-order valence-corrected chi connectivity index (χ3v) is 3.36. The SMILES string of the molecule is O[C@@H]1Cc2ccccc2[C@H]1c1ccccc1. The van der Waals surface area contributed by atoms with Gasteiger partial charge in [0.2, 0.25) is 0 Å². The molecule has 0 saturated carbocycles. The maximum absolute atomic E-state index is 10.2. The van der Waals surface area contributed by atoms with Crippen molar-refractivity contribution in [2.75, 3.05) is 0 Å². The maximum Gasteiger partial charge on any atom is 0.0689 e. The van der Waals surface area contributed by atoms with Crippen LogP contribution in [0.3, 0.4) is 0 Å². The fourth-order valence-corrected chi connectivity index (χ4v) is 2.64. The molecule has 2 aromatic carbocycles. The van der Waals surface area contributed by atoms with Crippen LogP contribution in [0.4, 0.5) is 0 Å². The molecule has 2 atom stereocenters. The molecule has 0 fully saturated rings. The monoisotopic (exact) mass is 210 g/mol. The highest BCUT2D eigenvalue weighted by molar-refractivity contribution is 5.43. The number of hydrogen-bond donors (Lipinski definition) is 1. The predicted octanol–water partition coefficient (Wildman–Crippen LogP) is 2.74. The summed E-state index contributed by atoms with van der Waals surface area (Å²) in [5.41, 5.74) is 3.77. The molecule has 0 radical (unpaired) electrons. The first kappa shape index (κ1) is 9.61. The minimum absolute atomic E-state index is 0.150. The molecule has 0 bridgehead atoms. The minimum Gasteiger partial charge on any atom is -0.392 e. The van der Waals surface area contributed by atoms with Crippen molar-refractivity contribution < 1.29 is 5.11 Å². The van der Waals surface area contributed by atoms with Crippen LogP contribution >= 0.6 is 0 Å². The Labute approximate surface area is 95.4 Å². The van der Waals surface area contributed by atoms with E-state index >= 15 is 0 Å². The van der Waals surface area contributed by atoms with Gasteiger partial charge in [0.05, 0.1) is 6.10 Å². The normalized spacial score (nSPS) is 23.1. The molecule has 3 rings (SSSR count). The first-order chi connectivity index (χ1) is 7.86. The van der Waals surface area contributed by atoms with Crippen LogP contribution in [0.5, 0.6) is 0 Å². The van der Waals surface area contributed by atoms with E-state index in [0.717, 1.165) is 6.42 Å². The zero-order valence-electron chi connectivity index (χ0n) is 9.01. The molecule has 0 unspecified atom stereocenters. The lowest BCUT2D eigenvalue weighted by molar-refractivity contribution is 0.169. The van der Waals surface area contributed by atoms with Crippen molar-refractivity contribution in [3.05, 3.63) is 71.3 Å². The minimum atomic E-state index is -0.278. The van der Waals surface area contributed by atoms with Crippen LogP contribution in [0.2, 0.25) is 0 Å². The zero-order valence-corrected chi connectivity index (χ0v) is 9.01. The highest BCUT2D eigenvalue weighted by Crippen LogP contribution is 2.37. The lowest BCUT2D eigenvalue weighted by Crippen LogP contribution is -2.14. The van der Waals surface area contributed by atoms with E-state index in [1.54, 1.807) is 0 Å². The summed E-state index contributed by atoms with van der Waals surface area (Å²) < 4.78 is 0. The topological polar surface area (TPSA) is 20.2 Å². The Morgan fingerprint density at radius 1 is 0.875 bits per heavy atom. The number of aliphatic hydroxyl groups is 1. The van der Waals surface area contributed by atoms with Crippen LogP contribution < -0.4 is 0 Å². The molecule has 0 aromatic heterocycles. The van der Waals surface area contributed by atoms with Crippen molar-refractivity contribution in [3.63, 3.8) is 0 Å². The van der Waals surface area contributed by atoms with Crippen molar-refractivity contribution in [2.45, 2.75) is 18.4 Å². The molecule has 0 spiro atoms. The summed E-state index contributed by atoms with van der Waals surface area (Å²) in [6, 6.07) is 18.6. The number of aliphatic hydroxyl groups excluding tert-OH is 1. The number of hydrogen-bond acceptors (Lipinski definition) is 1. The lowest BCUT2D eigenvalue weighted by atomic mass is 9.92. The first-order valence-electron chi connectivity index (χ1n) is 5.67. The van der Waals surface area contributed by atoms with E-state index in [1.807, 2.05) is 30.3 Å². The molecule has 16 heavy (non-hydrogen) atoms. The van der Waals surface area contributed by atoms with Crippen LogP contribution in [0.1, 0.15) is 22.6 Å². The van der Waals surface area contributed by atoms with E-state index in [0.29, 0.717) is 0 Å². The lowest BCUT2D eigenvalue weighted by Gasteiger charge is -2.16. The second-order valence-corrected chi connectivity index (χ2v) is 4.36. The number of benzene rings is 2. The van der Waals surface area contributed by atoms with Crippen LogP contribution in [-0.4, -0.2) is 11.2 Å². The highest BCUT2D eigenvalue weighted by Gasteiger charge is 2.31. The molecule has 1 nitrogen and oxygen atoms in total. The second-order valence-electron chi connectivity index (χ2n) is 4.36. The fourth-order valence-electron chi connectivity index (χ4n) is 2.64. The second kappa shape index (κ2) is 3.76. The summed E-state index contributed by atoms with van der Waals surface area (Å²) in [7, 11) is 0. The smallest absolute Gasteiger partial charge is 0.0689 e. The van der Waals surface area contributed by atoms with E-state index in [2.05, 4.69) is 24.3 Å². The van der Waals surface area contributed by atoms with E-state index in [9.17, 15) is 5.11 Å². The molecule has 80 valence electrons. The van der Waals surface area contributed by atoms with Crippen molar-refractivity contribution in [1.29, 1.82) is 0 Å². The van der Waals surface area contributed by atoms with Crippen molar-refractivity contribution in [3.8, 4) is 0 Å². The average molecular weight is 210 g/mol. The number of rotatable bonds is 1. The van der Waals surface area contributed by atoms with Gasteiger partial charge < -0.3 is 5.11 Å². The molecular formula is C15H14O. The molecule has 0 saturated heterocycles. The Morgan fingerprint density at radius 2 is 1.56 bits per heavy atom. The predicted molar refractivity (Wildman–Crippen MR) is 64.4 cm³/mol. The van der Waals surface area contributed by atoms with Crippen LogP contribution in [-0.2, 0) is 6.42 Å². The summed E-state index contributed by atoms with van der Waals surface area (Å²) in [6.45, 7) is 0. The Kier molecular flexibility index (Phi) is 2.26. The zero-order chi connectivity index (χ0) is 11.0. The van der Waals surface area contributed by atoms with Gasteiger partial charge in [0.15, 0.2) is 0 Å². The fraction of sp³-hybridized carbons (Fsp3) is 0.200. The molecule has 1 heteroatoms. The van der Waals surface area contributed by atoms with E-state index in [4.69, 9.17) is 0 Å². The first-order valence-corrected chi connectivity index (χ1v) is 5.67. The number of fused-ring (bicyclic) bond motifs is 1. The largest absolute Gasteiger partial charge is 0.392 e. The Bertz CT molecular complexity index is 490. The molecule has 2 aromatic rings. The van der Waals surface area contributed by atoms with E-state index in [-0.39, 0.29) is 12.0 Å². The molecular weight excluding hydrogens is 196 g/mol. The highest BCUT2D eigenvalue weighted by atomic mass is 16.3. The van der Waals surface area contributed by atoms with Crippen LogP contribution in [0, 0.1) is 0 Å². The van der Waals surface area contributed by atoms with Gasteiger partial charge in [-0.15, -0.1) is 0 Å². The van der Waals surface area contributed by atoms with Gasteiger partial charge >= 0.3 is 0 Å². The molecule has 0 amide bonds. The van der Waals surface area contributed by atoms with Crippen LogP contribution in [0.25, 0.3) is 0 Å². The van der Waals surface area contributed by atoms with Gasteiger partial charge in [-0.25, -0.2) is 0 Å². The quantitative estimate of drug-likeness (QED) is 0.767. The molecule has 1 N–H and O–H groups in total.